The van der Waals surface area contributed by atoms with Crippen LogP contribution in [0.1, 0.15) is 27.2 Å². The first-order valence-electron chi connectivity index (χ1n) is 6.50. The summed E-state index contributed by atoms with van der Waals surface area (Å²) in [5.74, 6) is -0.597. The minimum atomic E-state index is -0.490. The van der Waals surface area contributed by atoms with Crippen molar-refractivity contribution in [2.24, 2.45) is 5.10 Å². The molecule has 2 rings (SSSR count). The zero-order chi connectivity index (χ0) is 17.0. The highest BCUT2D eigenvalue weighted by atomic mass is 35.5. The van der Waals surface area contributed by atoms with Gasteiger partial charge in [-0.2, -0.15) is 5.10 Å². The van der Waals surface area contributed by atoms with Gasteiger partial charge >= 0.3 is 0 Å². The predicted molar refractivity (Wildman–Crippen MR) is 88.1 cm³/mol. The van der Waals surface area contributed by atoms with Crippen LogP contribution in [0.2, 0.25) is 10.0 Å². The summed E-state index contributed by atoms with van der Waals surface area (Å²) in [5, 5.41) is 23.6. The van der Waals surface area contributed by atoms with Gasteiger partial charge in [-0.05, 0) is 25.1 Å². The largest absolute Gasteiger partial charge is 0.505 e. The van der Waals surface area contributed by atoms with Crippen molar-refractivity contribution < 1.29 is 15.0 Å². The molecule has 0 aliphatic rings. The lowest BCUT2D eigenvalue weighted by molar-refractivity contribution is 0.0955. The van der Waals surface area contributed by atoms with Gasteiger partial charge in [0.05, 0.1) is 28.6 Å². The monoisotopic (exact) mass is 353 g/mol. The van der Waals surface area contributed by atoms with Gasteiger partial charge in [0.25, 0.3) is 5.91 Å². The number of aromatic nitrogens is 1. The standard InChI is InChI=1S/C15H13Cl2N3O3/c1-8-14(22)11(10(7-21)5-18-8)6-19-20-15(23)9-2-3-12(16)13(17)4-9/h2-6,21-22H,7H2,1H3,(H,20,23)/b19-6-. The van der Waals surface area contributed by atoms with Crippen LogP contribution in [0.3, 0.4) is 0 Å². The summed E-state index contributed by atoms with van der Waals surface area (Å²) in [6.45, 7) is 1.30. The molecule has 1 amide bonds. The van der Waals surface area contributed by atoms with Gasteiger partial charge in [0, 0.05) is 22.9 Å². The van der Waals surface area contributed by atoms with Crippen LogP contribution < -0.4 is 5.43 Å². The van der Waals surface area contributed by atoms with Crippen molar-refractivity contribution in [1.29, 1.82) is 0 Å². The predicted octanol–water partition coefficient (Wildman–Crippen LogP) is 2.66. The molecule has 0 atom stereocenters. The van der Waals surface area contributed by atoms with Gasteiger partial charge in [0.15, 0.2) is 0 Å². The van der Waals surface area contributed by atoms with Crippen LogP contribution >= 0.6 is 23.2 Å². The van der Waals surface area contributed by atoms with Crippen LogP contribution in [0.4, 0.5) is 0 Å². The van der Waals surface area contributed by atoms with Gasteiger partial charge in [0.1, 0.15) is 5.75 Å². The van der Waals surface area contributed by atoms with E-state index >= 15 is 0 Å². The van der Waals surface area contributed by atoms with Crippen LogP contribution in [0.25, 0.3) is 0 Å². The molecule has 0 unspecified atom stereocenters. The molecule has 120 valence electrons. The molecule has 0 radical (unpaired) electrons. The second-order valence-corrected chi connectivity index (χ2v) is 5.43. The number of aliphatic hydroxyl groups is 1. The number of carbonyl (C=O) groups is 1. The Hall–Kier alpha value is -2.15. The molecule has 2 aromatic rings. The van der Waals surface area contributed by atoms with E-state index < -0.39 is 5.91 Å². The Morgan fingerprint density at radius 3 is 2.78 bits per heavy atom. The third-order valence-electron chi connectivity index (χ3n) is 3.07. The number of benzene rings is 1. The Balaban J connectivity index is 2.17. The summed E-state index contributed by atoms with van der Waals surface area (Å²) >= 11 is 11.6. The summed E-state index contributed by atoms with van der Waals surface area (Å²) in [7, 11) is 0. The third-order valence-corrected chi connectivity index (χ3v) is 3.81. The quantitative estimate of drug-likeness (QED) is 0.581. The molecule has 0 bridgehead atoms. The lowest BCUT2D eigenvalue weighted by Crippen LogP contribution is -2.17. The molecule has 0 saturated carbocycles. The van der Waals surface area contributed by atoms with E-state index in [-0.39, 0.29) is 28.5 Å². The highest BCUT2D eigenvalue weighted by molar-refractivity contribution is 6.42. The lowest BCUT2D eigenvalue weighted by Gasteiger charge is -2.07. The van der Waals surface area contributed by atoms with E-state index in [4.69, 9.17) is 23.2 Å². The molecule has 0 saturated heterocycles. The van der Waals surface area contributed by atoms with Crippen LogP contribution in [0.15, 0.2) is 29.5 Å². The van der Waals surface area contributed by atoms with Crippen LogP contribution in [-0.2, 0) is 6.61 Å². The molecule has 6 nitrogen and oxygen atoms in total. The van der Waals surface area contributed by atoms with Crippen LogP contribution in [0, 0.1) is 6.92 Å². The number of aromatic hydroxyl groups is 1. The van der Waals surface area contributed by atoms with Gasteiger partial charge in [-0.3, -0.25) is 9.78 Å². The number of carbonyl (C=O) groups excluding carboxylic acids is 1. The Bertz CT molecular complexity index is 779. The van der Waals surface area contributed by atoms with Crippen LogP contribution in [0.5, 0.6) is 5.75 Å². The molecule has 0 aliphatic heterocycles. The highest BCUT2D eigenvalue weighted by Gasteiger charge is 2.10. The number of amides is 1. The van der Waals surface area contributed by atoms with E-state index in [1.807, 2.05) is 0 Å². The van der Waals surface area contributed by atoms with E-state index in [0.29, 0.717) is 16.3 Å². The van der Waals surface area contributed by atoms with E-state index in [0.717, 1.165) is 0 Å². The van der Waals surface area contributed by atoms with Crippen molar-refractivity contribution in [3.63, 3.8) is 0 Å². The van der Waals surface area contributed by atoms with Crippen molar-refractivity contribution in [3.8, 4) is 5.75 Å². The minimum absolute atomic E-state index is 0.107. The summed E-state index contributed by atoms with van der Waals surface area (Å²) in [6.07, 6.45) is 2.67. The molecule has 0 aliphatic carbocycles. The molecular formula is C15H13Cl2N3O3. The molecule has 1 aromatic heterocycles. The lowest BCUT2D eigenvalue weighted by atomic mass is 10.1. The number of aryl methyl sites for hydroxylation is 1. The number of pyridine rings is 1. The number of nitrogens with one attached hydrogen (secondary N) is 1. The fourth-order valence-electron chi connectivity index (χ4n) is 1.78. The van der Waals surface area contributed by atoms with E-state index in [2.05, 4.69) is 15.5 Å². The first-order chi connectivity index (χ1) is 10.9. The van der Waals surface area contributed by atoms with Gasteiger partial charge in [-0.25, -0.2) is 5.43 Å². The van der Waals surface area contributed by atoms with Crippen molar-refractivity contribution in [1.82, 2.24) is 10.4 Å². The van der Waals surface area contributed by atoms with E-state index in [9.17, 15) is 15.0 Å². The number of hydrazone groups is 1. The first-order valence-corrected chi connectivity index (χ1v) is 7.26. The van der Waals surface area contributed by atoms with Crippen LogP contribution in [-0.4, -0.2) is 27.3 Å². The minimum Gasteiger partial charge on any atom is -0.505 e. The Kier molecular flexibility index (Phi) is 5.54. The molecule has 1 aromatic carbocycles. The number of halogens is 2. The van der Waals surface area contributed by atoms with E-state index in [1.165, 1.54) is 30.6 Å². The average Bonchev–Trinajstić information content (AvgIpc) is 2.54. The summed E-state index contributed by atoms with van der Waals surface area (Å²) in [4.78, 5) is 15.9. The SMILES string of the molecule is Cc1ncc(CO)c(/C=N\NC(=O)c2ccc(Cl)c(Cl)c2)c1O. The molecule has 8 heteroatoms. The Labute approximate surface area is 142 Å². The number of aliphatic hydroxyl groups excluding tert-OH is 1. The van der Waals surface area contributed by atoms with Gasteiger partial charge < -0.3 is 10.2 Å². The van der Waals surface area contributed by atoms with Crippen molar-refractivity contribution >= 4 is 35.3 Å². The Morgan fingerprint density at radius 2 is 2.13 bits per heavy atom. The van der Waals surface area contributed by atoms with Crippen molar-refractivity contribution in [2.75, 3.05) is 0 Å². The Morgan fingerprint density at radius 1 is 1.39 bits per heavy atom. The molecule has 1 heterocycles. The fourth-order valence-corrected chi connectivity index (χ4v) is 2.08. The smallest absolute Gasteiger partial charge is 0.271 e. The number of hydrogen-bond acceptors (Lipinski definition) is 5. The first kappa shape index (κ1) is 17.2. The number of rotatable bonds is 4. The average molecular weight is 354 g/mol. The number of nitrogens with zero attached hydrogens (tertiary/aromatic N) is 2. The third kappa shape index (κ3) is 3.98. The highest BCUT2D eigenvalue weighted by Crippen LogP contribution is 2.23. The fraction of sp³-hybridized carbons (Fsp3) is 0.133. The maximum absolute atomic E-state index is 12.0. The second-order valence-electron chi connectivity index (χ2n) is 4.62. The second kappa shape index (κ2) is 7.41. The summed E-state index contributed by atoms with van der Waals surface area (Å²) in [6, 6.07) is 4.43. The maximum atomic E-state index is 12.0. The summed E-state index contributed by atoms with van der Waals surface area (Å²) in [5.41, 5.74) is 3.66. The van der Waals surface area contributed by atoms with Gasteiger partial charge in [0.2, 0.25) is 0 Å². The van der Waals surface area contributed by atoms with Crippen molar-refractivity contribution in [3.05, 3.63) is 56.8 Å². The van der Waals surface area contributed by atoms with E-state index in [1.54, 1.807) is 6.92 Å². The maximum Gasteiger partial charge on any atom is 0.271 e. The summed E-state index contributed by atoms with van der Waals surface area (Å²) < 4.78 is 0. The number of hydrogen-bond donors (Lipinski definition) is 3. The van der Waals surface area contributed by atoms with Gasteiger partial charge in [-0.15, -0.1) is 0 Å². The molecule has 23 heavy (non-hydrogen) atoms. The topological polar surface area (TPSA) is 94.8 Å². The zero-order valence-corrected chi connectivity index (χ0v) is 13.6. The molecule has 3 N–H and O–H groups in total. The van der Waals surface area contributed by atoms with Crippen molar-refractivity contribution in [2.45, 2.75) is 13.5 Å². The normalized spacial score (nSPS) is 11.0. The molecular weight excluding hydrogens is 341 g/mol. The molecule has 0 fully saturated rings. The van der Waals surface area contributed by atoms with Gasteiger partial charge in [-0.1, -0.05) is 23.2 Å². The zero-order valence-electron chi connectivity index (χ0n) is 12.0. The molecule has 0 spiro atoms.